The number of hydrogen-bond acceptors (Lipinski definition) is 5. The van der Waals surface area contributed by atoms with Gasteiger partial charge in [0.15, 0.2) is 11.6 Å². The van der Waals surface area contributed by atoms with Crippen LogP contribution in [-0.4, -0.2) is 25.3 Å². The largest absolute Gasteiger partial charge is 0.497 e. The van der Waals surface area contributed by atoms with Gasteiger partial charge in [0, 0.05) is 5.56 Å². The smallest absolute Gasteiger partial charge is 0.306 e. The Morgan fingerprint density at radius 1 is 1.03 bits per heavy atom. The number of rotatable bonds is 12. The van der Waals surface area contributed by atoms with E-state index in [4.69, 9.17) is 14.2 Å². The second-order valence-corrected chi connectivity index (χ2v) is 10.5. The number of carbonyl (C=O) groups excluding carboxylic acids is 1. The third-order valence-electron chi connectivity index (χ3n) is 7.68. The number of carbonyl (C=O) groups is 1. The van der Waals surface area contributed by atoms with Crippen LogP contribution in [0.2, 0.25) is 0 Å². The van der Waals surface area contributed by atoms with Gasteiger partial charge >= 0.3 is 5.97 Å². The maximum absolute atomic E-state index is 15.5. The molecule has 0 unspecified atom stereocenters. The molecule has 1 N–H and O–H groups in total. The molecule has 1 aliphatic rings. The van der Waals surface area contributed by atoms with Gasteiger partial charge < -0.3 is 19.3 Å². The zero-order valence-electron chi connectivity index (χ0n) is 22.9. The minimum atomic E-state index is -0.800. The molecule has 0 heterocycles. The van der Waals surface area contributed by atoms with Crippen LogP contribution in [0.1, 0.15) is 74.7 Å². The minimum Gasteiger partial charge on any atom is -0.497 e. The highest BCUT2D eigenvalue weighted by Crippen LogP contribution is 2.55. The van der Waals surface area contributed by atoms with Gasteiger partial charge in [-0.1, -0.05) is 44.5 Å². The van der Waals surface area contributed by atoms with Crippen LogP contribution in [0.4, 0.5) is 8.78 Å². The van der Waals surface area contributed by atoms with E-state index in [1.54, 1.807) is 48.5 Å². The summed E-state index contributed by atoms with van der Waals surface area (Å²) in [6, 6.07) is 14.8. The van der Waals surface area contributed by atoms with Gasteiger partial charge in [0.25, 0.3) is 0 Å². The third kappa shape index (κ3) is 6.41. The minimum absolute atomic E-state index is 0.0487. The summed E-state index contributed by atoms with van der Waals surface area (Å²) in [6.07, 6.45) is 2.46. The highest BCUT2D eigenvalue weighted by Gasteiger charge is 2.45. The van der Waals surface area contributed by atoms with Crippen LogP contribution in [0.25, 0.3) is 11.1 Å². The molecule has 5 nitrogen and oxygen atoms in total. The van der Waals surface area contributed by atoms with E-state index in [1.165, 1.54) is 20.3 Å². The second-order valence-electron chi connectivity index (χ2n) is 10.5. The standard InChI is InChI=1S/C32H36F2O5/c1-5-7-21(17-29(35)38-4)23-8-6-9-28(30(23)34)39-19-20-10-12-24(25-18-22(37-3)11-13-27(25)33)26(16-20)31(36)32(2)14-15-32/h6,8-13,16,18,21,31,36H,5,7,14-15,17,19H2,1-4H3/t21-,31+/m0/s1. The van der Waals surface area contributed by atoms with Crippen molar-refractivity contribution in [3.8, 4) is 22.6 Å². The lowest BCUT2D eigenvalue weighted by Gasteiger charge is -2.23. The first-order valence-electron chi connectivity index (χ1n) is 13.3. The van der Waals surface area contributed by atoms with E-state index in [-0.39, 0.29) is 36.1 Å². The van der Waals surface area contributed by atoms with E-state index >= 15 is 4.39 Å². The molecule has 3 aromatic rings. The first-order chi connectivity index (χ1) is 18.7. The first kappa shape index (κ1) is 28.6. The molecule has 0 radical (unpaired) electrons. The molecule has 7 heteroatoms. The fourth-order valence-corrected chi connectivity index (χ4v) is 4.97. The third-order valence-corrected chi connectivity index (χ3v) is 7.68. The van der Waals surface area contributed by atoms with Gasteiger partial charge in [0.1, 0.15) is 18.2 Å². The Labute approximate surface area is 228 Å². The second kappa shape index (κ2) is 12.2. The Balaban J connectivity index is 1.63. The van der Waals surface area contributed by atoms with Crippen molar-refractivity contribution < 1.29 is 32.9 Å². The maximum Gasteiger partial charge on any atom is 0.306 e. The van der Waals surface area contributed by atoms with Gasteiger partial charge in [-0.15, -0.1) is 0 Å². The van der Waals surface area contributed by atoms with E-state index < -0.39 is 17.7 Å². The molecule has 4 rings (SSSR count). The van der Waals surface area contributed by atoms with E-state index in [0.29, 0.717) is 40.0 Å². The Kier molecular flexibility index (Phi) is 8.90. The molecule has 0 spiro atoms. The van der Waals surface area contributed by atoms with Gasteiger partial charge in [-0.25, -0.2) is 8.78 Å². The molecule has 0 aliphatic heterocycles. The normalized spacial score (nSPS) is 15.4. The maximum atomic E-state index is 15.5. The number of ether oxygens (including phenoxy) is 3. The Morgan fingerprint density at radius 3 is 2.46 bits per heavy atom. The number of aliphatic hydroxyl groups excluding tert-OH is 1. The van der Waals surface area contributed by atoms with Crippen molar-refractivity contribution in [2.24, 2.45) is 5.41 Å². The summed E-state index contributed by atoms with van der Waals surface area (Å²) in [5.41, 5.74) is 2.36. The molecule has 1 saturated carbocycles. The van der Waals surface area contributed by atoms with Crippen LogP contribution < -0.4 is 9.47 Å². The van der Waals surface area contributed by atoms with Crippen LogP contribution >= 0.6 is 0 Å². The molecule has 3 aromatic carbocycles. The monoisotopic (exact) mass is 538 g/mol. The molecular weight excluding hydrogens is 502 g/mol. The highest BCUT2D eigenvalue weighted by atomic mass is 19.1. The van der Waals surface area contributed by atoms with Gasteiger partial charge in [0.05, 0.1) is 26.7 Å². The molecule has 0 bridgehead atoms. The molecule has 0 amide bonds. The zero-order valence-corrected chi connectivity index (χ0v) is 22.9. The summed E-state index contributed by atoms with van der Waals surface area (Å²) in [6.45, 7) is 4.04. The highest BCUT2D eigenvalue weighted by molar-refractivity contribution is 5.71. The van der Waals surface area contributed by atoms with E-state index in [9.17, 15) is 14.3 Å². The summed E-state index contributed by atoms with van der Waals surface area (Å²) >= 11 is 0. The summed E-state index contributed by atoms with van der Waals surface area (Å²) in [5, 5.41) is 11.3. The van der Waals surface area contributed by atoms with Crippen LogP contribution in [0.15, 0.2) is 54.6 Å². The van der Waals surface area contributed by atoms with Crippen molar-refractivity contribution in [2.45, 2.75) is 64.6 Å². The van der Waals surface area contributed by atoms with Gasteiger partial charge in [0.2, 0.25) is 0 Å². The van der Waals surface area contributed by atoms with E-state index in [0.717, 1.165) is 19.3 Å². The number of hydrogen-bond donors (Lipinski definition) is 1. The number of esters is 1. The summed E-state index contributed by atoms with van der Waals surface area (Å²) in [5.74, 6) is -1.02. The zero-order chi connectivity index (χ0) is 28.2. The number of methoxy groups -OCH3 is 2. The molecule has 208 valence electrons. The molecule has 39 heavy (non-hydrogen) atoms. The fraction of sp³-hybridized carbons (Fsp3) is 0.406. The molecule has 0 aromatic heterocycles. The lowest BCUT2D eigenvalue weighted by molar-refractivity contribution is -0.141. The number of benzene rings is 3. The quantitative estimate of drug-likeness (QED) is 0.242. The van der Waals surface area contributed by atoms with Crippen LogP contribution in [0.3, 0.4) is 0 Å². The van der Waals surface area contributed by atoms with Crippen molar-refractivity contribution >= 4 is 5.97 Å². The Bertz CT molecular complexity index is 1320. The predicted octanol–water partition coefficient (Wildman–Crippen LogP) is 7.50. The van der Waals surface area contributed by atoms with Crippen molar-refractivity contribution in [1.29, 1.82) is 0 Å². The average molecular weight is 539 g/mol. The van der Waals surface area contributed by atoms with Gasteiger partial charge in [-0.05, 0) is 83.2 Å². The van der Waals surface area contributed by atoms with E-state index in [2.05, 4.69) is 0 Å². The van der Waals surface area contributed by atoms with E-state index in [1.807, 2.05) is 13.8 Å². The molecule has 2 atom stereocenters. The van der Waals surface area contributed by atoms with Gasteiger partial charge in [-0.2, -0.15) is 0 Å². The lowest BCUT2D eigenvalue weighted by atomic mass is 9.87. The Morgan fingerprint density at radius 2 is 1.79 bits per heavy atom. The molecule has 1 fully saturated rings. The SMILES string of the molecule is CCC[C@@H](CC(=O)OC)c1cccc(OCc2ccc(-c3cc(OC)ccc3F)c([C@@H](O)C3(C)CC3)c2)c1F. The van der Waals surface area contributed by atoms with Crippen molar-refractivity contribution in [3.63, 3.8) is 0 Å². The lowest BCUT2D eigenvalue weighted by Crippen LogP contribution is -2.12. The van der Waals surface area contributed by atoms with Gasteiger partial charge in [-0.3, -0.25) is 4.79 Å². The molecule has 1 aliphatic carbocycles. The first-order valence-corrected chi connectivity index (χ1v) is 13.3. The van der Waals surface area contributed by atoms with Crippen molar-refractivity contribution in [2.75, 3.05) is 14.2 Å². The topological polar surface area (TPSA) is 65.0 Å². The fourth-order valence-electron chi connectivity index (χ4n) is 4.97. The van der Waals surface area contributed by atoms with Crippen molar-refractivity contribution in [3.05, 3.63) is 82.9 Å². The summed E-state index contributed by atoms with van der Waals surface area (Å²) in [7, 11) is 2.84. The summed E-state index contributed by atoms with van der Waals surface area (Å²) in [4.78, 5) is 11.9. The number of halogens is 2. The molecular formula is C32H36F2O5. The van der Waals surface area contributed by atoms with Crippen LogP contribution in [0.5, 0.6) is 11.5 Å². The average Bonchev–Trinajstić information content (AvgIpc) is 3.70. The van der Waals surface area contributed by atoms with Crippen LogP contribution in [0, 0.1) is 17.0 Å². The van der Waals surface area contributed by atoms with Crippen LogP contribution in [-0.2, 0) is 16.1 Å². The Hall–Kier alpha value is -3.45. The predicted molar refractivity (Wildman–Crippen MR) is 146 cm³/mol. The number of aliphatic hydroxyl groups is 1. The van der Waals surface area contributed by atoms with Crippen molar-refractivity contribution in [1.82, 2.24) is 0 Å². The molecule has 0 saturated heterocycles. The summed E-state index contributed by atoms with van der Waals surface area (Å²) < 4.78 is 46.4.